The molecule has 2 unspecified atom stereocenters. The number of amides is 1. The summed E-state index contributed by atoms with van der Waals surface area (Å²) in [6.45, 7) is 3.76. The summed E-state index contributed by atoms with van der Waals surface area (Å²) >= 11 is 0. The van der Waals surface area contributed by atoms with Gasteiger partial charge in [0.2, 0.25) is 5.91 Å². The van der Waals surface area contributed by atoms with Crippen LogP contribution in [0.4, 0.5) is 0 Å². The van der Waals surface area contributed by atoms with Crippen LogP contribution in [0, 0.1) is 0 Å². The zero-order valence-corrected chi connectivity index (χ0v) is 15.2. The summed E-state index contributed by atoms with van der Waals surface area (Å²) in [7, 11) is 2.12. The van der Waals surface area contributed by atoms with Crippen LogP contribution in [-0.2, 0) is 11.3 Å². The molecule has 0 fully saturated rings. The van der Waals surface area contributed by atoms with Gasteiger partial charge in [0.15, 0.2) is 0 Å². The maximum Gasteiger partial charge on any atom is 0.221 e. The molecule has 2 atom stereocenters. The number of nitrogens with zero attached hydrogens (tertiary/aromatic N) is 1. The summed E-state index contributed by atoms with van der Waals surface area (Å²) in [5.41, 5.74) is 8.39. The Morgan fingerprint density at radius 2 is 1.68 bits per heavy atom. The lowest BCUT2D eigenvalue weighted by atomic mass is 10.0. The molecule has 0 radical (unpaired) electrons. The minimum atomic E-state index is -0.251. The standard InChI is InChI=1S/C21H29N3O/c1-17(24(2)16-18-9-5-3-6-10-18)13-14-23-21(25)15-20(22)19-11-7-4-8-12-19/h3-12,17,20H,13-16,22H2,1-2H3,(H,23,25). The molecular formula is C21H29N3O. The van der Waals surface area contributed by atoms with Crippen molar-refractivity contribution in [1.82, 2.24) is 10.2 Å². The van der Waals surface area contributed by atoms with Crippen LogP contribution in [0.2, 0.25) is 0 Å². The van der Waals surface area contributed by atoms with Crippen LogP contribution >= 0.6 is 0 Å². The second kappa shape index (κ2) is 9.97. The van der Waals surface area contributed by atoms with Crippen LogP contribution < -0.4 is 11.1 Å². The third kappa shape index (κ3) is 6.69. The molecule has 3 N–H and O–H groups in total. The minimum absolute atomic E-state index is 0.00858. The van der Waals surface area contributed by atoms with Gasteiger partial charge in [-0.15, -0.1) is 0 Å². The summed E-state index contributed by atoms with van der Waals surface area (Å²) < 4.78 is 0. The second-order valence-corrected chi connectivity index (χ2v) is 6.61. The van der Waals surface area contributed by atoms with Gasteiger partial charge in [0.1, 0.15) is 0 Å². The number of nitrogens with one attached hydrogen (secondary N) is 1. The molecule has 25 heavy (non-hydrogen) atoms. The molecule has 4 nitrogen and oxygen atoms in total. The maximum atomic E-state index is 12.1. The van der Waals surface area contributed by atoms with Crippen molar-refractivity contribution in [3.05, 3.63) is 71.8 Å². The monoisotopic (exact) mass is 339 g/mol. The number of benzene rings is 2. The molecule has 0 spiro atoms. The summed E-state index contributed by atoms with van der Waals surface area (Å²) in [5, 5.41) is 2.99. The molecule has 0 aromatic heterocycles. The van der Waals surface area contributed by atoms with E-state index < -0.39 is 0 Å². The number of carbonyl (C=O) groups is 1. The highest BCUT2D eigenvalue weighted by Crippen LogP contribution is 2.13. The molecule has 0 heterocycles. The molecule has 2 aromatic rings. The lowest BCUT2D eigenvalue weighted by Crippen LogP contribution is -2.34. The molecule has 0 aliphatic rings. The highest BCUT2D eigenvalue weighted by molar-refractivity contribution is 5.76. The molecule has 0 saturated heterocycles. The quantitative estimate of drug-likeness (QED) is 0.738. The molecule has 0 bridgehead atoms. The van der Waals surface area contributed by atoms with E-state index in [0.717, 1.165) is 18.5 Å². The van der Waals surface area contributed by atoms with Crippen molar-refractivity contribution < 1.29 is 4.79 Å². The van der Waals surface area contributed by atoms with Gasteiger partial charge in [-0.25, -0.2) is 0 Å². The summed E-state index contributed by atoms with van der Waals surface area (Å²) in [6.07, 6.45) is 1.23. The Morgan fingerprint density at radius 1 is 1.08 bits per heavy atom. The van der Waals surface area contributed by atoms with Gasteiger partial charge in [0.05, 0.1) is 0 Å². The van der Waals surface area contributed by atoms with Crippen molar-refractivity contribution in [2.45, 2.75) is 38.4 Å². The average molecular weight is 339 g/mol. The van der Waals surface area contributed by atoms with Crippen LogP contribution in [0.5, 0.6) is 0 Å². The third-order valence-corrected chi connectivity index (χ3v) is 4.54. The van der Waals surface area contributed by atoms with Crippen molar-refractivity contribution in [2.24, 2.45) is 5.73 Å². The van der Waals surface area contributed by atoms with E-state index in [9.17, 15) is 4.79 Å². The van der Waals surface area contributed by atoms with Crippen molar-refractivity contribution in [3.63, 3.8) is 0 Å². The number of hydrogen-bond donors (Lipinski definition) is 2. The first kappa shape index (κ1) is 19.2. The Kier molecular flexibility index (Phi) is 7.64. The van der Waals surface area contributed by atoms with Gasteiger partial charge in [-0.1, -0.05) is 60.7 Å². The lowest BCUT2D eigenvalue weighted by Gasteiger charge is -2.25. The number of carbonyl (C=O) groups excluding carboxylic acids is 1. The zero-order valence-electron chi connectivity index (χ0n) is 15.2. The zero-order chi connectivity index (χ0) is 18.1. The Labute approximate surface area is 151 Å². The molecule has 0 saturated carbocycles. The Hall–Kier alpha value is -2.17. The minimum Gasteiger partial charge on any atom is -0.356 e. The van der Waals surface area contributed by atoms with Crippen LogP contribution in [0.15, 0.2) is 60.7 Å². The Bertz CT molecular complexity index is 630. The largest absolute Gasteiger partial charge is 0.356 e. The van der Waals surface area contributed by atoms with Gasteiger partial charge in [0.25, 0.3) is 0 Å². The van der Waals surface area contributed by atoms with E-state index in [1.807, 2.05) is 36.4 Å². The van der Waals surface area contributed by atoms with Crippen molar-refractivity contribution in [2.75, 3.05) is 13.6 Å². The average Bonchev–Trinajstić information content (AvgIpc) is 2.63. The molecule has 1 amide bonds. The van der Waals surface area contributed by atoms with Gasteiger partial charge in [0, 0.05) is 31.6 Å². The number of nitrogens with two attached hydrogens (primary N) is 1. The Balaban J connectivity index is 1.68. The number of hydrogen-bond acceptors (Lipinski definition) is 3. The fourth-order valence-electron chi connectivity index (χ4n) is 2.76. The first-order chi connectivity index (χ1) is 12.1. The maximum absolute atomic E-state index is 12.1. The van der Waals surface area contributed by atoms with Crippen LogP contribution in [0.25, 0.3) is 0 Å². The molecule has 4 heteroatoms. The summed E-state index contributed by atoms with van der Waals surface area (Å²) in [4.78, 5) is 14.4. The van der Waals surface area contributed by atoms with Crippen LogP contribution in [0.3, 0.4) is 0 Å². The molecule has 0 aliphatic carbocycles. The molecule has 134 valence electrons. The van der Waals surface area contributed by atoms with E-state index in [4.69, 9.17) is 5.73 Å². The molecule has 0 aliphatic heterocycles. The fraction of sp³-hybridized carbons (Fsp3) is 0.381. The van der Waals surface area contributed by atoms with Gasteiger partial charge in [-0.2, -0.15) is 0 Å². The van der Waals surface area contributed by atoms with E-state index in [-0.39, 0.29) is 11.9 Å². The smallest absolute Gasteiger partial charge is 0.221 e. The van der Waals surface area contributed by atoms with Gasteiger partial charge in [-0.05, 0) is 31.5 Å². The molecule has 2 rings (SSSR count). The highest BCUT2D eigenvalue weighted by Gasteiger charge is 2.13. The second-order valence-electron chi connectivity index (χ2n) is 6.61. The van der Waals surface area contributed by atoms with E-state index in [0.29, 0.717) is 19.0 Å². The molecular weight excluding hydrogens is 310 g/mol. The summed E-state index contributed by atoms with van der Waals surface area (Å²) in [5.74, 6) is 0.00858. The van der Waals surface area contributed by atoms with Crippen LogP contribution in [0.1, 0.15) is 36.9 Å². The van der Waals surface area contributed by atoms with E-state index in [2.05, 4.69) is 48.5 Å². The Morgan fingerprint density at radius 3 is 2.32 bits per heavy atom. The third-order valence-electron chi connectivity index (χ3n) is 4.54. The van der Waals surface area contributed by atoms with Gasteiger partial charge in [-0.3, -0.25) is 9.69 Å². The SMILES string of the molecule is CC(CCNC(=O)CC(N)c1ccccc1)N(C)Cc1ccccc1. The topological polar surface area (TPSA) is 58.4 Å². The number of rotatable bonds is 9. The summed E-state index contributed by atoms with van der Waals surface area (Å²) in [6, 6.07) is 20.3. The van der Waals surface area contributed by atoms with Crippen molar-refractivity contribution in [3.8, 4) is 0 Å². The van der Waals surface area contributed by atoms with Crippen LogP contribution in [-0.4, -0.2) is 30.4 Å². The first-order valence-electron chi connectivity index (χ1n) is 8.87. The highest BCUT2D eigenvalue weighted by atomic mass is 16.1. The molecule has 2 aromatic carbocycles. The van der Waals surface area contributed by atoms with Gasteiger partial charge < -0.3 is 11.1 Å². The van der Waals surface area contributed by atoms with Crippen molar-refractivity contribution in [1.29, 1.82) is 0 Å². The normalized spacial score (nSPS) is 13.4. The van der Waals surface area contributed by atoms with Gasteiger partial charge >= 0.3 is 0 Å². The predicted molar refractivity (Wildman–Crippen MR) is 103 cm³/mol. The lowest BCUT2D eigenvalue weighted by molar-refractivity contribution is -0.121. The predicted octanol–water partition coefficient (Wildman–Crippen LogP) is 3.10. The van der Waals surface area contributed by atoms with E-state index >= 15 is 0 Å². The fourth-order valence-corrected chi connectivity index (χ4v) is 2.76. The van der Waals surface area contributed by atoms with E-state index in [1.54, 1.807) is 0 Å². The van der Waals surface area contributed by atoms with Crippen molar-refractivity contribution >= 4 is 5.91 Å². The first-order valence-corrected chi connectivity index (χ1v) is 8.87. The van der Waals surface area contributed by atoms with E-state index in [1.165, 1.54) is 5.56 Å².